The number of carbonyl (C=O) groups is 2. The van der Waals surface area contributed by atoms with Gasteiger partial charge in [-0.1, -0.05) is 24.3 Å². The summed E-state index contributed by atoms with van der Waals surface area (Å²) < 4.78 is 0. The first-order valence-electron chi connectivity index (χ1n) is 9.34. The Morgan fingerprint density at radius 2 is 1.96 bits per heavy atom. The van der Waals surface area contributed by atoms with Gasteiger partial charge in [0.2, 0.25) is 5.91 Å². The van der Waals surface area contributed by atoms with Crippen molar-refractivity contribution in [2.45, 2.75) is 19.8 Å². The van der Waals surface area contributed by atoms with Gasteiger partial charge in [0.05, 0.1) is 5.56 Å². The van der Waals surface area contributed by atoms with Crippen LogP contribution in [0.15, 0.2) is 54.9 Å². The summed E-state index contributed by atoms with van der Waals surface area (Å²) in [5.41, 5.74) is 2.80. The number of amides is 2. The van der Waals surface area contributed by atoms with E-state index >= 15 is 0 Å². The van der Waals surface area contributed by atoms with Crippen molar-refractivity contribution in [3.8, 4) is 0 Å². The molecule has 2 aromatic rings. The SMILES string of the molecule is Cc1ccccc1/C=C/C(=O)N1CCC(CNC(=O)c2cccnc2)CC1. The van der Waals surface area contributed by atoms with E-state index in [2.05, 4.69) is 10.3 Å². The maximum Gasteiger partial charge on any atom is 0.252 e. The first kappa shape index (κ1) is 18.8. The molecule has 0 atom stereocenters. The average Bonchev–Trinajstić information content (AvgIpc) is 2.72. The zero-order valence-corrected chi connectivity index (χ0v) is 15.6. The number of nitrogens with zero attached hydrogens (tertiary/aromatic N) is 2. The second-order valence-corrected chi connectivity index (χ2v) is 6.91. The van der Waals surface area contributed by atoms with E-state index in [0.29, 0.717) is 18.0 Å². The number of piperidine rings is 1. The molecule has 0 bridgehead atoms. The monoisotopic (exact) mass is 363 g/mol. The van der Waals surface area contributed by atoms with Gasteiger partial charge in [0.25, 0.3) is 5.91 Å². The molecule has 1 aliphatic rings. The van der Waals surface area contributed by atoms with Crippen molar-refractivity contribution in [1.82, 2.24) is 15.2 Å². The molecular formula is C22H25N3O2. The lowest BCUT2D eigenvalue weighted by atomic mass is 9.96. The lowest BCUT2D eigenvalue weighted by Crippen LogP contribution is -2.41. The molecule has 1 fully saturated rings. The molecule has 1 aliphatic heterocycles. The summed E-state index contributed by atoms with van der Waals surface area (Å²) in [5, 5.41) is 2.97. The fraction of sp³-hybridized carbons (Fsp3) is 0.318. The van der Waals surface area contributed by atoms with Gasteiger partial charge in [-0.2, -0.15) is 0 Å². The highest BCUT2D eigenvalue weighted by Gasteiger charge is 2.22. The quantitative estimate of drug-likeness (QED) is 0.831. The van der Waals surface area contributed by atoms with Gasteiger partial charge in [0.1, 0.15) is 0 Å². The predicted octanol–water partition coefficient (Wildman–Crippen LogP) is 3.07. The van der Waals surface area contributed by atoms with Crippen LogP contribution in [0.3, 0.4) is 0 Å². The van der Waals surface area contributed by atoms with Gasteiger partial charge < -0.3 is 10.2 Å². The Hall–Kier alpha value is -2.95. The molecule has 140 valence electrons. The van der Waals surface area contributed by atoms with Crippen LogP contribution in [0.1, 0.15) is 34.3 Å². The lowest BCUT2D eigenvalue weighted by molar-refractivity contribution is -0.127. The third kappa shape index (κ3) is 5.26. The molecule has 2 amide bonds. The van der Waals surface area contributed by atoms with E-state index < -0.39 is 0 Å². The van der Waals surface area contributed by atoms with Crippen LogP contribution in [0.2, 0.25) is 0 Å². The molecule has 0 saturated carbocycles. The Labute approximate surface area is 160 Å². The van der Waals surface area contributed by atoms with Crippen molar-refractivity contribution in [2.75, 3.05) is 19.6 Å². The summed E-state index contributed by atoms with van der Waals surface area (Å²) in [7, 11) is 0. The average molecular weight is 363 g/mol. The van der Waals surface area contributed by atoms with Crippen molar-refractivity contribution in [2.24, 2.45) is 5.92 Å². The van der Waals surface area contributed by atoms with Crippen LogP contribution in [-0.4, -0.2) is 41.3 Å². The molecule has 3 rings (SSSR count). The maximum atomic E-state index is 12.4. The number of hydrogen-bond donors (Lipinski definition) is 1. The van der Waals surface area contributed by atoms with Crippen LogP contribution in [0.25, 0.3) is 6.08 Å². The van der Waals surface area contributed by atoms with E-state index in [1.54, 1.807) is 30.6 Å². The van der Waals surface area contributed by atoms with E-state index in [9.17, 15) is 9.59 Å². The van der Waals surface area contributed by atoms with Crippen LogP contribution < -0.4 is 5.32 Å². The standard InChI is InChI=1S/C22H25N3O2/c1-17-5-2-3-6-19(17)8-9-21(26)25-13-10-18(11-14-25)15-24-22(27)20-7-4-12-23-16-20/h2-9,12,16,18H,10-11,13-15H2,1H3,(H,24,27)/b9-8+. The first-order chi connectivity index (χ1) is 13.1. The number of rotatable bonds is 5. The Morgan fingerprint density at radius 3 is 2.67 bits per heavy atom. The molecular weight excluding hydrogens is 338 g/mol. The summed E-state index contributed by atoms with van der Waals surface area (Å²) in [6, 6.07) is 11.5. The Bertz CT molecular complexity index is 809. The lowest BCUT2D eigenvalue weighted by Gasteiger charge is -2.31. The summed E-state index contributed by atoms with van der Waals surface area (Å²) in [5.74, 6) is 0.355. The van der Waals surface area contributed by atoms with E-state index in [4.69, 9.17) is 0 Å². The van der Waals surface area contributed by atoms with Gasteiger partial charge in [-0.05, 0) is 55.0 Å². The Morgan fingerprint density at radius 1 is 1.19 bits per heavy atom. The van der Waals surface area contributed by atoms with Crippen LogP contribution in [0, 0.1) is 12.8 Å². The van der Waals surface area contributed by atoms with Crippen molar-refractivity contribution in [3.63, 3.8) is 0 Å². The Kier molecular flexibility index (Phi) is 6.36. The van der Waals surface area contributed by atoms with E-state index in [-0.39, 0.29) is 11.8 Å². The summed E-state index contributed by atoms with van der Waals surface area (Å²) in [4.78, 5) is 30.3. The molecule has 1 N–H and O–H groups in total. The minimum absolute atomic E-state index is 0.0519. The van der Waals surface area contributed by atoms with E-state index in [0.717, 1.165) is 37.1 Å². The van der Waals surface area contributed by atoms with Crippen molar-refractivity contribution in [1.29, 1.82) is 0 Å². The van der Waals surface area contributed by atoms with Gasteiger partial charge in [-0.25, -0.2) is 0 Å². The van der Waals surface area contributed by atoms with E-state index in [1.807, 2.05) is 42.2 Å². The smallest absolute Gasteiger partial charge is 0.252 e. The molecule has 1 aromatic carbocycles. The van der Waals surface area contributed by atoms with E-state index in [1.165, 1.54) is 0 Å². The zero-order chi connectivity index (χ0) is 19.1. The number of pyridine rings is 1. The third-order valence-electron chi connectivity index (χ3n) is 5.00. The number of nitrogens with one attached hydrogen (secondary N) is 1. The number of benzene rings is 1. The molecule has 2 heterocycles. The third-order valence-corrected chi connectivity index (χ3v) is 5.00. The minimum Gasteiger partial charge on any atom is -0.352 e. The van der Waals surface area contributed by atoms with Crippen molar-refractivity contribution >= 4 is 17.9 Å². The van der Waals surface area contributed by atoms with Crippen molar-refractivity contribution in [3.05, 3.63) is 71.6 Å². The van der Waals surface area contributed by atoms with Gasteiger partial charge in [0.15, 0.2) is 0 Å². The summed E-state index contributed by atoms with van der Waals surface area (Å²) in [6.07, 6.45) is 8.56. The molecule has 0 aliphatic carbocycles. The number of carbonyl (C=O) groups excluding carboxylic acids is 2. The highest BCUT2D eigenvalue weighted by Crippen LogP contribution is 2.17. The molecule has 27 heavy (non-hydrogen) atoms. The topological polar surface area (TPSA) is 62.3 Å². The first-order valence-corrected chi connectivity index (χ1v) is 9.34. The van der Waals surface area contributed by atoms with Crippen LogP contribution in [-0.2, 0) is 4.79 Å². The normalized spacial score (nSPS) is 15.1. The molecule has 5 heteroatoms. The van der Waals surface area contributed by atoms with Crippen LogP contribution in [0.5, 0.6) is 0 Å². The molecule has 1 saturated heterocycles. The number of aryl methyl sites for hydroxylation is 1. The van der Waals surface area contributed by atoms with Gasteiger partial charge >= 0.3 is 0 Å². The number of likely N-dealkylation sites (tertiary alicyclic amines) is 1. The van der Waals surface area contributed by atoms with Gasteiger partial charge in [-0.3, -0.25) is 14.6 Å². The summed E-state index contributed by atoms with van der Waals surface area (Å²) in [6.45, 7) is 4.12. The second-order valence-electron chi connectivity index (χ2n) is 6.91. The fourth-order valence-corrected chi connectivity index (χ4v) is 3.23. The second kappa shape index (κ2) is 9.12. The molecule has 0 unspecified atom stereocenters. The maximum absolute atomic E-state index is 12.4. The fourth-order valence-electron chi connectivity index (χ4n) is 3.23. The van der Waals surface area contributed by atoms with Crippen molar-refractivity contribution < 1.29 is 9.59 Å². The highest BCUT2D eigenvalue weighted by atomic mass is 16.2. The van der Waals surface area contributed by atoms with Gasteiger partial charge in [0, 0.05) is 38.1 Å². The molecule has 0 spiro atoms. The zero-order valence-electron chi connectivity index (χ0n) is 15.6. The van der Waals surface area contributed by atoms with Gasteiger partial charge in [-0.15, -0.1) is 0 Å². The number of aromatic nitrogens is 1. The predicted molar refractivity (Wildman–Crippen MR) is 106 cm³/mol. The molecule has 1 aromatic heterocycles. The summed E-state index contributed by atoms with van der Waals surface area (Å²) >= 11 is 0. The molecule has 5 nitrogen and oxygen atoms in total. The largest absolute Gasteiger partial charge is 0.352 e. The molecule has 0 radical (unpaired) electrons. The minimum atomic E-state index is -0.0947. The Balaban J connectivity index is 1.44. The number of hydrogen-bond acceptors (Lipinski definition) is 3. The van der Waals surface area contributed by atoms with Crippen LogP contribution >= 0.6 is 0 Å². The van der Waals surface area contributed by atoms with Crippen LogP contribution in [0.4, 0.5) is 0 Å². The highest BCUT2D eigenvalue weighted by molar-refractivity contribution is 5.93.